The van der Waals surface area contributed by atoms with Crippen LogP contribution in [0.4, 0.5) is 4.39 Å². The molecular formula is C16H20ClFO. The fourth-order valence-electron chi connectivity index (χ4n) is 2.89. The summed E-state index contributed by atoms with van der Waals surface area (Å²) in [5, 5.41) is 0.0972. The summed E-state index contributed by atoms with van der Waals surface area (Å²) >= 11 is 5.73. The Hall–Kier alpha value is -0.890. The van der Waals surface area contributed by atoms with E-state index in [0.717, 1.165) is 37.2 Å². The Morgan fingerprint density at radius 3 is 2.58 bits per heavy atom. The molecule has 0 N–H and O–H groups in total. The Morgan fingerprint density at radius 2 is 2.00 bits per heavy atom. The van der Waals surface area contributed by atoms with Crippen molar-refractivity contribution in [2.45, 2.75) is 45.4 Å². The molecule has 3 heteroatoms. The standard InChI is InChI=1S/C16H20ClFO/c1-2-11-3-6-13(7-4-11)16(19)10-12-5-8-15(18)14(17)9-12/h5,8-9,11,13H,2-4,6-7,10H2,1H3. The zero-order chi connectivity index (χ0) is 13.8. The molecule has 0 amide bonds. The Bertz CT molecular complexity index is 450. The molecule has 104 valence electrons. The third-order valence-electron chi connectivity index (χ3n) is 4.24. The van der Waals surface area contributed by atoms with Crippen LogP contribution >= 0.6 is 11.6 Å². The van der Waals surface area contributed by atoms with Crippen molar-refractivity contribution in [3.8, 4) is 0 Å². The van der Waals surface area contributed by atoms with Gasteiger partial charge >= 0.3 is 0 Å². The number of hydrogen-bond donors (Lipinski definition) is 0. The van der Waals surface area contributed by atoms with Crippen molar-refractivity contribution in [1.82, 2.24) is 0 Å². The van der Waals surface area contributed by atoms with Gasteiger partial charge in [-0.2, -0.15) is 0 Å². The lowest BCUT2D eigenvalue weighted by Gasteiger charge is -2.26. The van der Waals surface area contributed by atoms with Gasteiger partial charge in [-0.3, -0.25) is 4.79 Å². The molecular weight excluding hydrogens is 263 g/mol. The van der Waals surface area contributed by atoms with Gasteiger partial charge in [-0.1, -0.05) is 31.0 Å². The van der Waals surface area contributed by atoms with Gasteiger partial charge in [0.05, 0.1) is 5.02 Å². The molecule has 0 aromatic heterocycles. The van der Waals surface area contributed by atoms with Crippen LogP contribution < -0.4 is 0 Å². The van der Waals surface area contributed by atoms with Gasteiger partial charge in [-0.25, -0.2) is 4.39 Å². The highest BCUT2D eigenvalue weighted by molar-refractivity contribution is 6.30. The average Bonchev–Trinajstić information content (AvgIpc) is 2.43. The van der Waals surface area contributed by atoms with Crippen molar-refractivity contribution in [2.24, 2.45) is 11.8 Å². The van der Waals surface area contributed by atoms with Gasteiger partial charge in [0, 0.05) is 12.3 Å². The first-order valence-electron chi connectivity index (χ1n) is 7.06. The molecule has 0 radical (unpaired) electrons. The molecule has 0 atom stereocenters. The summed E-state index contributed by atoms with van der Waals surface area (Å²) in [6.07, 6.45) is 5.93. The van der Waals surface area contributed by atoms with Crippen LogP contribution in [0.25, 0.3) is 0 Å². The van der Waals surface area contributed by atoms with Crippen LogP contribution in [-0.2, 0) is 11.2 Å². The lowest BCUT2D eigenvalue weighted by atomic mass is 9.78. The quantitative estimate of drug-likeness (QED) is 0.775. The van der Waals surface area contributed by atoms with Crippen molar-refractivity contribution >= 4 is 17.4 Å². The van der Waals surface area contributed by atoms with Crippen LogP contribution in [0, 0.1) is 17.7 Å². The van der Waals surface area contributed by atoms with Crippen LogP contribution in [-0.4, -0.2) is 5.78 Å². The van der Waals surface area contributed by atoms with Gasteiger partial charge in [0.2, 0.25) is 0 Å². The highest BCUT2D eigenvalue weighted by Crippen LogP contribution is 2.31. The maximum Gasteiger partial charge on any atom is 0.141 e. The number of benzene rings is 1. The number of Topliss-reactive ketones (excluding diaryl/α,β-unsaturated/α-hetero) is 1. The Balaban J connectivity index is 1.92. The minimum atomic E-state index is -0.429. The van der Waals surface area contributed by atoms with Crippen molar-refractivity contribution in [3.05, 3.63) is 34.6 Å². The van der Waals surface area contributed by atoms with Crippen molar-refractivity contribution in [1.29, 1.82) is 0 Å². The van der Waals surface area contributed by atoms with Crippen LogP contribution in [0.5, 0.6) is 0 Å². The predicted octanol–water partition coefficient (Wildman–Crippen LogP) is 4.81. The minimum absolute atomic E-state index is 0.0972. The van der Waals surface area contributed by atoms with Gasteiger partial charge < -0.3 is 0 Å². The van der Waals surface area contributed by atoms with Gasteiger partial charge in [-0.05, 0) is 49.3 Å². The van der Waals surface area contributed by atoms with E-state index in [-0.39, 0.29) is 16.7 Å². The first kappa shape index (κ1) is 14.5. The van der Waals surface area contributed by atoms with Gasteiger partial charge in [0.15, 0.2) is 0 Å². The molecule has 1 nitrogen and oxygen atoms in total. The van der Waals surface area contributed by atoms with E-state index in [0.29, 0.717) is 6.42 Å². The van der Waals surface area contributed by atoms with Crippen LogP contribution in [0.15, 0.2) is 18.2 Å². The van der Waals surface area contributed by atoms with Crippen molar-refractivity contribution in [3.63, 3.8) is 0 Å². The third kappa shape index (κ3) is 3.79. The SMILES string of the molecule is CCC1CCC(C(=O)Cc2ccc(F)c(Cl)c2)CC1. The summed E-state index contributed by atoms with van der Waals surface area (Å²) < 4.78 is 13.1. The molecule has 0 bridgehead atoms. The maximum atomic E-state index is 13.1. The third-order valence-corrected chi connectivity index (χ3v) is 4.53. The van der Waals surface area contributed by atoms with E-state index in [1.54, 1.807) is 12.1 Å². The predicted molar refractivity (Wildman–Crippen MR) is 75.9 cm³/mol. The Labute approximate surface area is 119 Å². The molecule has 0 aliphatic heterocycles. The molecule has 0 unspecified atom stereocenters. The maximum absolute atomic E-state index is 13.1. The van der Waals surface area contributed by atoms with Crippen molar-refractivity contribution < 1.29 is 9.18 Å². The van der Waals surface area contributed by atoms with Crippen LogP contribution in [0.3, 0.4) is 0 Å². The topological polar surface area (TPSA) is 17.1 Å². The number of halogens is 2. The molecule has 0 saturated heterocycles. The zero-order valence-corrected chi connectivity index (χ0v) is 12.0. The fourth-order valence-corrected chi connectivity index (χ4v) is 3.09. The second-order valence-corrected chi connectivity index (χ2v) is 5.92. The highest BCUT2D eigenvalue weighted by atomic mass is 35.5. The summed E-state index contributed by atoms with van der Waals surface area (Å²) in [5.74, 6) is 0.828. The average molecular weight is 283 g/mol. The fraction of sp³-hybridized carbons (Fsp3) is 0.562. The molecule has 19 heavy (non-hydrogen) atoms. The van der Waals surface area contributed by atoms with E-state index in [2.05, 4.69) is 6.92 Å². The van der Waals surface area contributed by atoms with E-state index in [1.807, 2.05) is 0 Å². The first-order chi connectivity index (χ1) is 9.10. The second kappa shape index (κ2) is 6.51. The molecule has 1 aliphatic carbocycles. The Morgan fingerprint density at radius 1 is 1.32 bits per heavy atom. The second-order valence-electron chi connectivity index (χ2n) is 5.52. The first-order valence-corrected chi connectivity index (χ1v) is 7.44. The van der Waals surface area contributed by atoms with E-state index in [4.69, 9.17) is 11.6 Å². The van der Waals surface area contributed by atoms with E-state index >= 15 is 0 Å². The normalized spacial score (nSPS) is 23.3. The Kier molecular flexibility index (Phi) is 4.98. The summed E-state index contributed by atoms with van der Waals surface area (Å²) in [6.45, 7) is 2.22. The number of rotatable bonds is 4. The summed E-state index contributed by atoms with van der Waals surface area (Å²) in [5.41, 5.74) is 0.814. The molecule has 2 rings (SSSR count). The minimum Gasteiger partial charge on any atom is -0.299 e. The smallest absolute Gasteiger partial charge is 0.141 e. The van der Waals surface area contributed by atoms with Crippen molar-refractivity contribution in [2.75, 3.05) is 0 Å². The number of hydrogen-bond acceptors (Lipinski definition) is 1. The molecule has 0 spiro atoms. The van der Waals surface area contributed by atoms with Crippen LogP contribution in [0.2, 0.25) is 5.02 Å². The summed E-state index contributed by atoms with van der Waals surface area (Å²) in [6, 6.07) is 4.54. The number of ketones is 1. The molecule has 1 aliphatic rings. The lowest BCUT2D eigenvalue weighted by Crippen LogP contribution is -2.23. The molecule has 1 saturated carbocycles. The van der Waals surface area contributed by atoms with E-state index < -0.39 is 5.82 Å². The largest absolute Gasteiger partial charge is 0.299 e. The highest BCUT2D eigenvalue weighted by Gasteiger charge is 2.25. The monoisotopic (exact) mass is 282 g/mol. The molecule has 1 aromatic rings. The van der Waals surface area contributed by atoms with Gasteiger partial charge in [-0.15, -0.1) is 0 Å². The molecule has 1 aromatic carbocycles. The van der Waals surface area contributed by atoms with E-state index in [1.165, 1.54) is 12.5 Å². The molecule has 0 heterocycles. The number of carbonyl (C=O) groups is 1. The summed E-state index contributed by atoms with van der Waals surface area (Å²) in [7, 11) is 0. The van der Waals surface area contributed by atoms with Gasteiger partial charge in [0.25, 0.3) is 0 Å². The van der Waals surface area contributed by atoms with Crippen LogP contribution in [0.1, 0.15) is 44.6 Å². The number of carbonyl (C=O) groups excluding carboxylic acids is 1. The molecule has 1 fully saturated rings. The zero-order valence-electron chi connectivity index (χ0n) is 11.3. The van der Waals surface area contributed by atoms with Gasteiger partial charge in [0.1, 0.15) is 11.6 Å². The van der Waals surface area contributed by atoms with E-state index in [9.17, 15) is 9.18 Å². The summed E-state index contributed by atoms with van der Waals surface area (Å²) in [4.78, 5) is 12.2. The lowest BCUT2D eigenvalue weighted by molar-refractivity contribution is -0.123.